The lowest BCUT2D eigenvalue weighted by atomic mass is 9.77. The zero-order chi connectivity index (χ0) is 14.4. The van der Waals surface area contributed by atoms with Crippen molar-refractivity contribution in [1.82, 2.24) is 5.32 Å². The number of rotatable bonds is 4. The minimum Gasteiger partial charge on any atom is -0.312 e. The van der Waals surface area contributed by atoms with Crippen molar-refractivity contribution in [2.75, 3.05) is 6.54 Å². The number of benzene rings is 1. The van der Waals surface area contributed by atoms with Gasteiger partial charge in [-0.2, -0.15) is 0 Å². The minimum atomic E-state index is 0.219. The topological polar surface area (TPSA) is 12.0 Å². The Labute approximate surface area is 131 Å². The normalized spacial score (nSPS) is 32.2. The molecule has 0 saturated heterocycles. The molecule has 3 rings (SSSR count). The lowest BCUT2D eigenvalue weighted by molar-refractivity contribution is 0.222. The summed E-state index contributed by atoms with van der Waals surface area (Å²) < 4.78 is 1.21. The highest BCUT2D eigenvalue weighted by atomic mass is 79.9. The van der Waals surface area contributed by atoms with E-state index in [-0.39, 0.29) is 5.54 Å². The molecule has 0 amide bonds. The molecule has 1 aromatic rings. The van der Waals surface area contributed by atoms with E-state index in [1.807, 2.05) is 0 Å². The van der Waals surface area contributed by atoms with Gasteiger partial charge < -0.3 is 5.32 Å². The fraction of sp³-hybridized carbons (Fsp3) is 0.667. The Morgan fingerprint density at radius 3 is 2.55 bits per heavy atom. The molecule has 2 aliphatic rings. The van der Waals surface area contributed by atoms with Crippen molar-refractivity contribution in [3.8, 4) is 0 Å². The van der Waals surface area contributed by atoms with E-state index in [9.17, 15) is 0 Å². The van der Waals surface area contributed by atoms with E-state index in [1.165, 1.54) is 35.7 Å². The first-order chi connectivity index (χ1) is 9.35. The van der Waals surface area contributed by atoms with Crippen LogP contribution in [0.15, 0.2) is 28.7 Å². The molecule has 20 heavy (non-hydrogen) atoms. The molecule has 0 aromatic heterocycles. The zero-order valence-corrected chi connectivity index (χ0v) is 14.5. The van der Waals surface area contributed by atoms with Crippen LogP contribution in [0.4, 0.5) is 0 Å². The van der Waals surface area contributed by atoms with Gasteiger partial charge in [-0.05, 0) is 81.4 Å². The number of fused-ring (bicyclic) bond motifs is 1. The summed E-state index contributed by atoms with van der Waals surface area (Å²) in [5.74, 6) is 2.06. The van der Waals surface area contributed by atoms with E-state index in [0.29, 0.717) is 5.41 Å². The van der Waals surface area contributed by atoms with Gasteiger partial charge in [0, 0.05) is 16.6 Å². The Bertz CT molecular complexity index is 478. The summed E-state index contributed by atoms with van der Waals surface area (Å²) in [6.07, 6.45) is 5.57. The molecule has 0 bridgehead atoms. The number of nitrogens with one attached hydrogen (secondary N) is 1. The second-order valence-electron chi connectivity index (χ2n) is 8.07. The Kier molecular flexibility index (Phi) is 3.75. The zero-order valence-electron chi connectivity index (χ0n) is 12.9. The van der Waals surface area contributed by atoms with Gasteiger partial charge in [0.05, 0.1) is 0 Å². The molecular weight excluding hydrogens is 310 g/mol. The predicted molar refractivity (Wildman–Crippen MR) is 88.9 cm³/mol. The third-order valence-corrected chi connectivity index (χ3v) is 5.41. The van der Waals surface area contributed by atoms with Gasteiger partial charge in [-0.3, -0.25) is 0 Å². The van der Waals surface area contributed by atoms with Crippen LogP contribution in [0.25, 0.3) is 0 Å². The van der Waals surface area contributed by atoms with E-state index in [1.54, 1.807) is 0 Å². The van der Waals surface area contributed by atoms with Crippen molar-refractivity contribution >= 4 is 15.9 Å². The van der Waals surface area contributed by atoms with Gasteiger partial charge in [0.1, 0.15) is 0 Å². The largest absolute Gasteiger partial charge is 0.312 e. The van der Waals surface area contributed by atoms with Gasteiger partial charge in [0.2, 0.25) is 0 Å². The summed E-state index contributed by atoms with van der Waals surface area (Å²) in [6, 6.07) is 8.87. The molecule has 1 N–H and O–H groups in total. The minimum absolute atomic E-state index is 0.219. The quantitative estimate of drug-likeness (QED) is 0.833. The van der Waals surface area contributed by atoms with Crippen LogP contribution in [0, 0.1) is 17.3 Å². The highest BCUT2D eigenvalue weighted by Gasteiger charge is 2.53. The van der Waals surface area contributed by atoms with E-state index in [2.05, 4.69) is 66.3 Å². The van der Waals surface area contributed by atoms with Crippen LogP contribution in [0.2, 0.25) is 0 Å². The Hall–Kier alpha value is -0.340. The summed E-state index contributed by atoms with van der Waals surface area (Å²) in [6.45, 7) is 7.98. The lowest BCUT2D eigenvalue weighted by Crippen LogP contribution is -2.44. The second-order valence-corrected chi connectivity index (χ2v) is 8.99. The lowest BCUT2D eigenvalue weighted by Gasteiger charge is -2.35. The molecule has 2 saturated carbocycles. The number of hydrogen-bond donors (Lipinski definition) is 1. The van der Waals surface area contributed by atoms with E-state index in [0.717, 1.165) is 18.4 Å². The van der Waals surface area contributed by atoms with E-state index in [4.69, 9.17) is 0 Å². The second kappa shape index (κ2) is 5.14. The van der Waals surface area contributed by atoms with E-state index < -0.39 is 0 Å². The van der Waals surface area contributed by atoms with Crippen LogP contribution in [-0.2, 0) is 6.42 Å². The molecule has 0 spiro atoms. The van der Waals surface area contributed by atoms with Gasteiger partial charge >= 0.3 is 0 Å². The highest BCUT2D eigenvalue weighted by molar-refractivity contribution is 9.10. The van der Waals surface area contributed by atoms with Gasteiger partial charge in [0.15, 0.2) is 0 Å². The Morgan fingerprint density at radius 2 is 1.95 bits per heavy atom. The summed E-state index contributed by atoms with van der Waals surface area (Å²) in [4.78, 5) is 0. The summed E-state index contributed by atoms with van der Waals surface area (Å²) in [5, 5.41) is 3.77. The molecule has 0 heterocycles. The standard InChI is InChI=1S/C18H26BrN/c1-17(2,3)20-12-18(10-14-8-15(14)11-18)9-13-5-4-6-16(19)7-13/h4-7,14-15,20H,8-12H2,1-3H3. The van der Waals surface area contributed by atoms with Gasteiger partial charge in [-0.1, -0.05) is 28.1 Å². The first kappa shape index (κ1) is 14.6. The molecule has 2 unspecified atom stereocenters. The predicted octanol–water partition coefficient (Wildman–Crippen LogP) is 4.80. The van der Waals surface area contributed by atoms with Crippen LogP contribution < -0.4 is 5.32 Å². The van der Waals surface area contributed by atoms with Gasteiger partial charge in [-0.25, -0.2) is 0 Å². The summed E-state index contributed by atoms with van der Waals surface area (Å²) in [5.41, 5.74) is 2.19. The maximum Gasteiger partial charge on any atom is 0.0177 e. The van der Waals surface area contributed by atoms with Crippen molar-refractivity contribution in [1.29, 1.82) is 0 Å². The number of hydrogen-bond acceptors (Lipinski definition) is 1. The van der Waals surface area contributed by atoms with Crippen LogP contribution in [-0.4, -0.2) is 12.1 Å². The monoisotopic (exact) mass is 335 g/mol. The van der Waals surface area contributed by atoms with Crippen LogP contribution >= 0.6 is 15.9 Å². The van der Waals surface area contributed by atoms with Crippen molar-refractivity contribution in [2.24, 2.45) is 17.3 Å². The highest BCUT2D eigenvalue weighted by Crippen LogP contribution is 2.60. The fourth-order valence-corrected chi connectivity index (χ4v) is 4.34. The van der Waals surface area contributed by atoms with Gasteiger partial charge in [0.25, 0.3) is 0 Å². The molecule has 1 nitrogen and oxygen atoms in total. The molecule has 0 radical (unpaired) electrons. The van der Waals surface area contributed by atoms with Crippen LogP contribution in [0.3, 0.4) is 0 Å². The third-order valence-electron chi connectivity index (χ3n) is 4.92. The van der Waals surface area contributed by atoms with Gasteiger partial charge in [-0.15, -0.1) is 0 Å². The van der Waals surface area contributed by atoms with Crippen molar-refractivity contribution in [2.45, 2.75) is 52.0 Å². The Balaban J connectivity index is 1.73. The smallest absolute Gasteiger partial charge is 0.0177 e. The molecule has 0 aliphatic heterocycles. The molecule has 2 fully saturated rings. The Morgan fingerprint density at radius 1 is 1.25 bits per heavy atom. The third kappa shape index (κ3) is 3.46. The number of halogens is 1. The van der Waals surface area contributed by atoms with Crippen molar-refractivity contribution in [3.63, 3.8) is 0 Å². The maximum atomic E-state index is 3.77. The fourth-order valence-electron chi connectivity index (χ4n) is 3.89. The SMILES string of the molecule is CC(C)(C)NCC1(Cc2cccc(Br)c2)CC2CC2C1. The van der Waals surface area contributed by atoms with Crippen molar-refractivity contribution < 1.29 is 0 Å². The molecule has 2 atom stereocenters. The average Bonchev–Trinajstić information content (AvgIpc) is 2.95. The molecular formula is C18H26BrN. The first-order valence-electron chi connectivity index (χ1n) is 7.85. The molecule has 2 aliphatic carbocycles. The van der Waals surface area contributed by atoms with Crippen LogP contribution in [0.1, 0.15) is 45.6 Å². The van der Waals surface area contributed by atoms with E-state index >= 15 is 0 Å². The summed E-state index contributed by atoms with van der Waals surface area (Å²) >= 11 is 3.60. The summed E-state index contributed by atoms with van der Waals surface area (Å²) in [7, 11) is 0. The molecule has 2 heteroatoms. The molecule has 110 valence electrons. The first-order valence-corrected chi connectivity index (χ1v) is 8.64. The maximum absolute atomic E-state index is 3.77. The average molecular weight is 336 g/mol. The van der Waals surface area contributed by atoms with Crippen molar-refractivity contribution in [3.05, 3.63) is 34.3 Å². The molecule has 1 aromatic carbocycles. The van der Waals surface area contributed by atoms with Crippen LogP contribution in [0.5, 0.6) is 0 Å².